The number of amides is 2. The molecule has 1 aliphatic rings. The topological polar surface area (TPSA) is 83.8 Å². The van der Waals surface area contributed by atoms with Crippen molar-refractivity contribution in [2.75, 3.05) is 6.54 Å². The van der Waals surface area contributed by atoms with Gasteiger partial charge in [-0.2, -0.15) is 0 Å². The summed E-state index contributed by atoms with van der Waals surface area (Å²) in [7, 11) is 0. The number of rotatable bonds is 8. The minimum atomic E-state index is -0.572. The summed E-state index contributed by atoms with van der Waals surface area (Å²) in [6.45, 7) is 1.28. The van der Waals surface area contributed by atoms with Crippen LogP contribution in [0.1, 0.15) is 41.6 Å². The number of Topliss-reactive ketones (excluding diaryl/α,β-unsaturated/α-hetero) is 1. The molecule has 2 heterocycles. The normalized spacial score (nSPS) is 13.2. The van der Waals surface area contributed by atoms with E-state index in [2.05, 4.69) is 10.3 Å². The number of ketones is 1. The molecule has 1 N–H and O–H groups in total. The van der Waals surface area contributed by atoms with Gasteiger partial charge in [-0.3, -0.25) is 18.8 Å². The number of hydrogen-bond donors (Lipinski definition) is 1. The van der Waals surface area contributed by atoms with Crippen LogP contribution in [0, 0.1) is 5.82 Å². The van der Waals surface area contributed by atoms with Gasteiger partial charge in [-0.15, -0.1) is 0 Å². The number of benzene rings is 1. The molecule has 1 aliphatic carbocycles. The van der Waals surface area contributed by atoms with Crippen molar-refractivity contribution in [3.05, 3.63) is 70.5 Å². The predicted molar refractivity (Wildman–Crippen MR) is 117 cm³/mol. The average molecular weight is 457 g/mol. The van der Waals surface area contributed by atoms with E-state index in [0.717, 1.165) is 12.8 Å². The van der Waals surface area contributed by atoms with Crippen LogP contribution in [0.15, 0.2) is 42.6 Å². The number of carbonyl (C=O) groups is 3. The maximum absolute atomic E-state index is 14.0. The first-order valence-corrected chi connectivity index (χ1v) is 10.7. The number of nitrogens with zero attached hydrogens (tertiary/aromatic N) is 3. The molecule has 166 valence electrons. The van der Waals surface area contributed by atoms with Crippen LogP contribution in [-0.2, 0) is 22.6 Å². The monoisotopic (exact) mass is 456 g/mol. The van der Waals surface area contributed by atoms with Gasteiger partial charge in [0.05, 0.1) is 29.2 Å². The Bertz CT molecular complexity index is 1210. The number of hydrogen-bond acceptors (Lipinski definition) is 4. The van der Waals surface area contributed by atoms with Gasteiger partial charge in [0.1, 0.15) is 5.82 Å². The third kappa shape index (κ3) is 4.65. The van der Waals surface area contributed by atoms with E-state index in [1.165, 1.54) is 17.9 Å². The summed E-state index contributed by atoms with van der Waals surface area (Å²) < 4.78 is 15.7. The van der Waals surface area contributed by atoms with Gasteiger partial charge < -0.3 is 10.2 Å². The number of pyridine rings is 1. The van der Waals surface area contributed by atoms with Gasteiger partial charge in [-0.25, -0.2) is 9.37 Å². The Labute approximate surface area is 189 Å². The zero-order valence-electron chi connectivity index (χ0n) is 17.5. The zero-order valence-corrected chi connectivity index (χ0v) is 18.2. The number of nitrogens with one attached hydrogen (secondary N) is 1. The molecule has 3 aromatic rings. The highest BCUT2D eigenvalue weighted by Gasteiger charge is 2.34. The van der Waals surface area contributed by atoms with Gasteiger partial charge in [0.2, 0.25) is 11.8 Å². The molecule has 4 rings (SSSR count). The van der Waals surface area contributed by atoms with Crippen LogP contribution >= 0.6 is 11.6 Å². The van der Waals surface area contributed by atoms with Gasteiger partial charge in [0.25, 0.3) is 0 Å². The SMILES string of the molecule is CC(=O)c1nc(CC(=O)N(CC(=O)NCc2cccc(Cl)c2F)C2CC2)c2ccccn12. The lowest BCUT2D eigenvalue weighted by Gasteiger charge is -2.21. The van der Waals surface area contributed by atoms with E-state index in [-0.39, 0.29) is 59.6 Å². The minimum absolute atomic E-state index is 0.00249. The molecule has 1 saturated carbocycles. The molecule has 0 aliphatic heterocycles. The van der Waals surface area contributed by atoms with Gasteiger partial charge >= 0.3 is 0 Å². The van der Waals surface area contributed by atoms with Crippen molar-refractivity contribution in [1.82, 2.24) is 19.6 Å². The third-order valence-corrected chi connectivity index (χ3v) is 5.68. The molecular weight excluding hydrogens is 435 g/mol. The molecule has 2 amide bonds. The van der Waals surface area contributed by atoms with Crippen LogP contribution in [0.4, 0.5) is 4.39 Å². The van der Waals surface area contributed by atoms with E-state index in [1.807, 2.05) is 6.07 Å². The molecular formula is C23H22ClFN4O3. The lowest BCUT2D eigenvalue weighted by Crippen LogP contribution is -2.42. The molecule has 9 heteroatoms. The van der Waals surface area contributed by atoms with Crippen LogP contribution in [-0.4, -0.2) is 44.5 Å². The van der Waals surface area contributed by atoms with Gasteiger partial charge in [0.15, 0.2) is 11.6 Å². The Morgan fingerprint density at radius 3 is 2.72 bits per heavy atom. The predicted octanol–water partition coefficient (Wildman–Crippen LogP) is 3.18. The highest BCUT2D eigenvalue weighted by molar-refractivity contribution is 6.30. The fraction of sp³-hybridized carbons (Fsp3) is 0.304. The lowest BCUT2D eigenvalue weighted by molar-refractivity contribution is -0.136. The molecule has 7 nitrogen and oxygen atoms in total. The first-order chi connectivity index (χ1) is 15.3. The summed E-state index contributed by atoms with van der Waals surface area (Å²) in [5, 5.41) is 2.64. The Kier molecular flexibility index (Phi) is 6.23. The standard InChI is InChI=1S/C23H22ClFN4O3/c1-14(30)23-27-18(19-7-2-3-10-28(19)23)11-21(32)29(16-8-9-16)13-20(31)26-12-15-5-4-6-17(24)22(15)25/h2-7,10,16H,8-9,11-13H2,1H3,(H,26,31). The van der Waals surface area contributed by atoms with Gasteiger partial charge in [-0.05, 0) is 31.0 Å². The first-order valence-electron chi connectivity index (χ1n) is 10.3. The molecule has 0 radical (unpaired) electrons. The minimum Gasteiger partial charge on any atom is -0.350 e. The van der Waals surface area contributed by atoms with Crippen LogP contribution in [0.3, 0.4) is 0 Å². The van der Waals surface area contributed by atoms with E-state index in [0.29, 0.717) is 11.2 Å². The van der Waals surface area contributed by atoms with E-state index < -0.39 is 5.82 Å². The Morgan fingerprint density at radius 2 is 2.00 bits per heavy atom. The van der Waals surface area contributed by atoms with Crippen molar-refractivity contribution in [2.45, 2.75) is 38.8 Å². The molecule has 0 bridgehead atoms. The number of imidazole rings is 1. The molecule has 0 unspecified atom stereocenters. The van der Waals surface area contributed by atoms with Crippen molar-refractivity contribution < 1.29 is 18.8 Å². The average Bonchev–Trinajstić information content (AvgIpc) is 3.54. The molecule has 0 saturated heterocycles. The summed E-state index contributed by atoms with van der Waals surface area (Å²) >= 11 is 5.78. The van der Waals surface area contributed by atoms with Crippen molar-refractivity contribution in [1.29, 1.82) is 0 Å². The molecule has 1 aromatic carbocycles. The molecule has 0 atom stereocenters. The van der Waals surface area contributed by atoms with Crippen molar-refractivity contribution in [3.63, 3.8) is 0 Å². The maximum atomic E-state index is 14.0. The quantitative estimate of drug-likeness (QED) is 0.528. The van der Waals surface area contributed by atoms with E-state index in [4.69, 9.17) is 11.6 Å². The van der Waals surface area contributed by atoms with Crippen molar-refractivity contribution >= 4 is 34.7 Å². The largest absolute Gasteiger partial charge is 0.350 e. The Morgan fingerprint density at radius 1 is 1.22 bits per heavy atom. The second kappa shape index (κ2) is 9.08. The van der Waals surface area contributed by atoms with Crippen LogP contribution < -0.4 is 5.32 Å². The summed E-state index contributed by atoms with van der Waals surface area (Å²) in [4.78, 5) is 43.4. The molecule has 2 aromatic heterocycles. The summed E-state index contributed by atoms with van der Waals surface area (Å²) in [5.41, 5.74) is 1.45. The van der Waals surface area contributed by atoms with Crippen LogP contribution in [0.25, 0.3) is 5.52 Å². The fourth-order valence-electron chi connectivity index (χ4n) is 3.62. The van der Waals surface area contributed by atoms with E-state index in [1.54, 1.807) is 34.9 Å². The second-order valence-corrected chi connectivity index (χ2v) is 8.22. The smallest absolute Gasteiger partial charge is 0.239 e. The van der Waals surface area contributed by atoms with Crippen molar-refractivity contribution in [3.8, 4) is 0 Å². The number of aromatic nitrogens is 2. The first kappa shape index (κ1) is 22.0. The summed E-state index contributed by atoms with van der Waals surface area (Å²) in [6.07, 6.45) is 3.36. The number of halogens is 2. The highest BCUT2D eigenvalue weighted by atomic mass is 35.5. The van der Waals surface area contributed by atoms with E-state index >= 15 is 0 Å². The second-order valence-electron chi connectivity index (χ2n) is 7.81. The third-order valence-electron chi connectivity index (χ3n) is 5.39. The maximum Gasteiger partial charge on any atom is 0.239 e. The lowest BCUT2D eigenvalue weighted by atomic mass is 10.2. The highest BCUT2D eigenvalue weighted by Crippen LogP contribution is 2.28. The Balaban J connectivity index is 1.45. The van der Waals surface area contributed by atoms with Crippen LogP contribution in [0.5, 0.6) is 0 Å². The molecule has 1 fully saturated rings. The summed E-state index contributed by atoms with van der Waals surface area (Å²) in [5.74, 6) is -1.13. The summed E-state index contributed by atoms with van der Waals surface area (Å²) in [6, 6.07) is 9.99. The van der Waals surface area contributed by atoms with Gasteiger partial charge in [0, 0.05) is 31.3 Å². The Hall–Kier alpha value is -3.26. The number of fused-ring (bicyclic) bond motifs is 1. The van der Waals surface area contributed by atoms with Crippen LogP contribution in [0.2, 0.25) is 5.02 Å². The van der Waals surface area contributed by atoms with Crippen molar-refractivity contribution in [2.24, 2.45) is 0 Å². The zero-order chi connectivity index (χ0) is 22.8. The number of carbonyl (C=O) groups excluding carboxylic acids is 3. The molecule has 32 heavy (non-hydrogen) atoms. The molecule has 0 spiro atoms. The van der Waals surface area contributed by atoms with E-state index in [9.17, 15) is 18.8 Å². The fourth-order valence-corrected chi connectivity index (χ4v) is 3.82. The van der Waals surface area contributed by atoms with Gasteiger partial charge in [-0.1, -0.05) is 29.8 Å².